The van der Waals surface area contributed by atoms with E-state index in [1.807, 2.05) is 36.4 Å². The molecule has 3 rings (SSSR count). The minimum Gasteiger partial charge on any atom is -0.481 e. The third-order valence-electron chi connectivity index (χ3n) is 5.04. The summed E-state index contributed by atoms with van der Waals surface area (Å²) >= 11 is 0. The molecule has 1 N–H and O–H groups in total. The SMILES string of the molecule is Cc1ccccc1C(C)CC(=O)N1CCC(C(=O)O)c2ccccc21. The number of para-hydroxylation sites is 1. The van der Waals surface area contributed by atoms with E-state index in [4.69, 9.17) is 0 Å². The normalized spacial score (nSPS) is 17.7. The second-order valence-corrected chi connectivity index (χ2v) is 6.75. The highest BCUT2D eigenvalue weighted by Crippen LogP contribution is 2.36. The van der Waals surface area contributed by atoms with Crippen LogP contribution in [-0.2, 0) is 9.59 Å². The summed E-state index contributed by atoms with van der Waals surface area (Å²) in [6, 6.07) is 15.5. The summed E-state index contributed by atoms with van der Waals surface area (Å²) in [6.07, 6.45) is 0.869. The Bertz CT molecular complexity index is 799. The second kappa shape index (κ2) is 7.09. The molecule has 0 aromatic heterocycles. The largest absolute Gasteiger partial charge is 0.481 e. The molecule has 0 aliphatic carbocycles. The fourth-order valence-electron chi connectivity index (χ4n) is 3.70. The maximum Gasteiger partial charge on any atom is 0.311 e. The van der Waals surface area contributed by atoms with Crippen LogP contribution in [0.25, 0.3) is 0 Å². The summed E-state index contributed by atoms with van der Waals surface area (Å²) < 4.78 is 0. The third-order valence-corrected chi connectivity index (χ3v) is 5.04. The summed E-state index contributed by atoms with van der Waals surface area (Å²) in [5.74, 6) is -1.19. The molecule has 2 aromatic carbocycles. The molecule has 1 amide bonds. The van der Waals surface area contributed by atoms with Gasteiger partial charge >= 0.3 is 5.97 Å². The Hall–Kier alpha value is -2.62. The van der Waals surface area contributed by atoms with E-state index >= 15 is 0 Å². The molecule has 2 atom stereocenters. The number of amides is 1. The molecule has 4 heteroatoms. The molecule has 2 unspecified atom stereocenters. The van der Waals surface area contributed by atoms with Crippen molar-refractivity contribution in [3.63, 3.8) is 0 Å². The first-order valence-electron chi connectivity index (χ1n) is 8.66. The van der Waals surface area contributed by atoms with Gasteiger partial charge in [-0.25, -0.2) is 0 Å². The second-order valence-electron chi connectivity index (χ2n) is 6.75. The first kappa shape index (κ1) is 17.2. The molecule has 0 spiro atoms. The number of carboxylic acids is 1. The van der Waals surface area contributed by atoms with Crippen molar-refractivity contribution >= 4 is 17.6 Å². The van der Waals surface area contributed by atoms with Gasteiger partial charge in [-0.1, -0.05) is 49.4 Å². The van der Waals surface area contributed by atoms with Gasteiger partial charge in [0.05, 0.1) is 5.92 Å². The van der Waals surface area contributed by atoms with E-state index < -0.39 is 11.9 Å². The van der Waals surface area contributed by atoms with Crippen LogP contribution in [0.5, 0.6) is 0 Å². The molecule has 0 saturated carbocycles. The van der Waals surface area contributed by atoms with Gasteiger partial charge in [-0.05, 0) is 42.0 Å². The quantitative estimate of drug-likeness (QED) is 0.914. The lowest BCUT2D eigenvalue weighted by Crippen LogP contribution is -2.38. The molecule has 0 fully saturated rings. The van der Waals surface area contributed by atoms with Gasteiger partial charge in [0.1, 0.15) is 0 Å². The van der Waals surface area contributed by atoms with Gasteiger partial charge in [-0.15, -0.1) is 0 Å². The van der Waals surface area contributed by atoms with Gasteiger partial charge in [-0.2, -0.15) is 0 Å². The van der Waals surface area contributed by atoms with Crippen molar-refractivity contribution in [1.82, 2.24) is 0 Å². The van der Waals surface area contributed by atoms with Crippen LogP contribution < -0.4 is 4.90 Å². The molecule has 0 radical (unpaired) electrons. The predicted octanol–water partition coefficient (Wildman–Crippen LogP) is 4.09. The summed E-state index contributed by atoms with van der Waals surface area (Å²) in [4.78, 5) is 26.2. The number of anilines is 1. The molecule has 130 valence electrons. The van der Waals surface area contributed by atoms with Gasteiger partial charge in [0.2, 0.25) is 5.91 Å². The van der Waals surface area contributed by atoms with Crippen molar-refractivity contribution in [3.8, 4) is 0 Å². The Morgan fingerprint density at radius 3 is 2.56 bits per heavy atom. The van der Waals surface area contributed by atoms with Crippen molar-refractivity contribution in [3.05, 3.63) is 65.2 Å². The van der Waals surface area contributed by atoms with Crippen molar-refractivity contribution in [2.24, 2.45) is 0 Å². The Morgan fingerprint density at radius 1 is 1.16 bits per heavy atom. The number of nitrogens with zero attached hydrogens (tertiary/aromatic N) is 1. The van der Waals surface area contributed by atoms with Gasteiger partial charge in [0.15, 0.2) is 0 Å². The van der Waals surface area contributed by atoms with E-state index in [9.17, 15) is 14.7 Å². The van der Waals surface area contributed by atoms with Crippen LogP contribution in [-0.4, -0.2) is 23.5 Å². The van der Waals surface area contributed by atoms with E-state index in [0.717, 1.165) is 11.3 Å². The minimum atomic E-state index is -0.826. The highest BCUT2D eigenvalue weighted by atomic mass is 16.4. The number of benzene rings is 2. The Morgan fingerprint density at radius 2 is 1.84 bits per heavy atom. The minimum absolute atomic E-state index is 0.0482. The lowest BCUT2D eigenvalue weighted by atomic mass is 9.88. The van der Waals surface area contributed by atoms with E-state index in [1.165, 1.54) is 11.1 Å². The zero-order chi connectivity index (χ0) is 18.0. The Labute approximate surface area is 148 Å². The lowest BCUT2D eigenvalue weighted by molar-refractivity contribution is -0.139. The highest BCUT2D eigenvalue weighted by molar-refractivity contribution is 5.96. The van der Waals surface area contributed by atoms with Crippen LogP contribution in [0.3, 0.4) is 0 Å². The number of carboxylic acid groups (broad SMARTS) is 1. The zero-order valence-corrected chi connectivity index (χ0v) is 14.6. The summed E-state index contributed by atoms with van der Waals surface area (Å²) in [6.45, 7) is 4.58. The maximum absolute atomic E-state index is 12.9. The highest BCUT2D eigenvalue weighted by Gasteiger charge is 2.32. The fourth-order valence-corrected chi connectivity index (χ4v) is 3.70. The molecule has 2 aromatic rings. The topological polar surface area (TPSA) is 57.6 Å². The van der Waals surface area contributed by atoms with Crippen LogP contribution in [0.4, 0.5) is 5.69 Å². The Balaban J connectivity index is 1.82. The molecule has 0 saturated heterocycles. The molecule has 0 bridgehead atoms. The van der Waals surface area contributed by atoms with E-state index in [-0.39, 0.29) is 11.8 Å². The van der Waals surface area contributed by atoms with E-state index in [2.05, 4.69) is 26.0 Å². The number of carbonyl (C=O) groups is 2. The first-order valence-corrected chi connectivity index (χ1v) is 8.66. The zero-order valence-electron chi connectivity index (χ0n) is 14.6. The monoisotopic (exact) mass is 337 g/mol. The summed E-state index contributed by atoms with van der Waals surface area (Å²) in [7, 11) is 0. The number of rotatable bonds is 4. The van der Waals surface area contributed by atoms with E-state index in [1.54, 1.807) is 4.90 Å². The number of fused-ring (bicyclic) bond motifs is 1. The standard InChI is InChI=1S/C21H23NO3/c1-14-7-3-4-8-16(14)15(2)13-20(23)22-12-11-18(21(24)25)17-9-5-6-10-19(17)22/h3-10,15,18H,11-13H2,1-2H3,(H,24,25). The smallest absolute Gasteiger partial charge is 0.311 e. The van der Waals surface area contributed by atoms with Crippen molar-refractivity contribution < 1.29 is 14.7 Å². The van der Waals surface area contributed by atoms with Gasteiger partial charge in [0.25, 0.3) is 0 Å². The average molecular weight is 337 g/mol. The fraction of sp³-hybridized carbons (Fsp3) is 0.333. The summed E-state index contributed by atoms with van der Waals surface area (Å²) in [5.41, 5.74) is 3.85. The van der Waals surface area contributed by atoms with Crippen molar-refractivity contribution in [2.75, 3.05) is 11.4 Å². The lowest BCUT2D eigenvalue weighted by Gasteiger charge is -2.33. The first-order chi connectivity index (χ1) is 12.0. The number of hydrogen-bond acceptors (Lipinski definition) is 2. The molecular weight excluding hydrogens is 314 g/mol. The number of hydrogen-bond donors (Lipinski definition) is 1. The van der Waals surface area contributed by atoms with Gasteiger partial charge in [-0.3, -0.25) is 9.59 Å². The molecular formula is C21H23NO3. The third kappa shape index (κ3) is 3.43. The van der Waals surface area contributed by atoms with Crippen LogP contribution in [0.1, 0.15) is 48.3 Å². The van der Waals surface area contributed by atoms with Crippen molar-refractivity contribution in [2.45, 2.75) is 38.5 Å². The molecule has 1 aliphatic heterocycles. The van der Waals surface area contributed by atoms with Gasteiger partial charge in [0, 0.05) is 18.7 Å². The van der Waals surface area contributed by atoms with E-state index in [0.29, 0.717) is 19.4 Å². The van der Waals surface area contributed by atoms with Crippen molar-refractivity contribution in [1.29, 1.82) is 0 Å². The van der Waals surface area contributed by atoms with Crippen LogP contribution >= 0.6 is 0 Å². The maximum atomic E-state index is 12.9. The number of aliphatic carboxylic acids is 1. The van der Waals surface area contributed by atoms with Crippen LogP contribution in [0.2, 0.25) is 0 Å². The molecule has 1 aliphatic rings. The van der Waals surface area contributed by atoms with Gasteiger partial charge < -0.3 is 10.0 Å². The number of aryl methyl sites for hydroxylation is 1. The predicted molar refractivity (Wildman–Crippen MR) is 98.0 cm³/mol. The van der Waals surface area contributed by atoms with Crippen LogP contribution in [0, 0.1) is 6.92 Å². The average Bonchev–Trinajstić information content (AvgIpc) is 2.60. The van der Waals surface area contributed by atoms with Crippen LogP contribution in [0.15, 0.2) is 48.5 Å². The number of carbonyl (C=O) groups excluding carboxylic acids is 1. The molecule has 1 heterocycles. The molecule has 25 heavy (non-hydrogen) atoms. The Kier molecular flexibility index (Phi) is 4.88. The molecule has 4 nitrogen and oxygen atoms in total. The summed E-state index contributed by atoms with van der Waals surface area (Å²) in [5, 5.41) is 9.43.